The Morgan fingerprint density at radius 2 is 2.11 bits per heavy atom. The van der Waals surface area contributed by atoms with Crippen LogP contribution in [0.2, 0.25) is 5.02 Å². The molecule has 2 rings (SSSR count). The molecule has 19 heavy (non-hydrogen) atoms. The van der Waals surface area contributed by atoms with E-state index in [0.717, 1.165) is 11.3 Å². The van der Waals surface area contributed by atoms with Gasteiger partial charge in [0.1, 0.15) is 0 Å². The number of aryl methyl sites for hydroxylation is 2. The zero-order chi connectivity index (χ0) is 14.0. The van der Waals surface area contributed by atoms with E-state index >= 15 is 0 Å². The van der Waals surface area contributed by atoms with Crippen LogP contribution in [0.4, 0.5) is 0 Å². The summed E-state index contributed by atoms with van der Waals surface area (Å²) in [6.07, 6.45) is 1.60. The fraction of sp³-hybridized carbons (Fsp3) is 0.250. The third-order valence-electron chi connectivity index (χ3n) is 2.83. The van der Waals surface area contributed by atoms with Crippen LogP contribution in [0.25, 0.3) is 0 Å². The lowest BCUT2D eigenvalue weighted by molar-refractivity contribution is 0.580. The normalized spacial score (nSPS) is 11.7. The van der Waals surface area contributed by atoms with Gasteiger partial charge in [-0.25, -0.2) is 13.1 Å². The third kappa shape index (κ3) is 3.15. The van der Waals surface area contributed by atoms with Gasteiger partial charge in [0, 0.05) is 22.8 Å². The maximum absolute atomic E-state index is 12.2. The summed E-state index contributed by atoms with van der Waals surface area (Å²) >= 11 is 5.84. The van der Waals surface area contributed by atoms with Crippen molar-refractivity contribution in [2.24, 2.45) is 0 Å². The van der Waals surface area contributed by atoms with Crippen LogP contribution in [0.15, 0.2) is 29.3 Å². The van der Waals surface area contributed by atoms with E-state index in [1.54, 1.807) is 25.3 Å². The molecule has 0 aliphatic heterocycles. The molecule has 0 unspecified atom stereocenters. The Morgan fingerprint density at radius 3 is 2.74 bits per heavy atom. The van der Waals surface area contributed by atoms with Crippen LogP contribution in [0.3, 0.4) is 0 Å². The molecule has 0 aliphatic rings. The van der Waals surface area contributed by atoms with Crippen molar-refractivity contribution in [3.63, 3.8) is 0 Å². The summed E-state index contributed by atoms with van der Waals surface area (Å²) in [5.41, 5.74) is 2.30. The van der Waals surface area contributed by atoms with Crippen LogP contribution < -0.4 is 4.72 Å². The maximum atomic E-state index is 12.2. The molecule has 2 aromatic rings. The number of nitrogens with zero attached hydrogens (tertiary/aromatic N) is 1. The molecule has 1 aromatic carbocycles. The van der Waals surface area contributed by atoms with Gasteiger partial charge in [-0.05, 0) is 31.5 Å². The average molecular weight is 300 g/mol. The lowest BCUT2D eigenvalue weighted by atomic mass is 10.2. The summed E-state index contributed by atoms with van der Waals surface area (Å²) in [6, 6.07) is 4.79. The smallest absolute Gasteiger partial charge is 0.241 e. The van der Waals surface area contributed by atoms with E-state index in [-0.39, 0.29) is 11.4 Å². The predicted molar refractivity (Wildman–Crippen MR) is 73.5 cm³/mol. The second-order valence-corrected chi connectivity index (χ2v) is 6.43. The molecule has 0 aliphatic carbocycles. The molecule has 0 saturated carbocycles. The van der Waals surface area contributed by atoms with Crippen LogP contribution >= 0.6 is 11.6 Å². The average Bonchev–Trinajstić information content (AvgIpc) is 2.75. The molecular formula is C12H14ClN3O2S. The minimum atomic E-state index is -3.58. The molecule has 102 valence electrons. The van der Waals surface area contributed by atoms with Crippen LogP contribution in [0, 0.1) is 13.8 Å². The van der Waals surface area contributed by atoms with E-state index in [1.807, 2.05) is 6.92 Å². The van der Waals surface area contributed by atoms with Crippen molar-refractivity contribution in [3.05, 3.63) is 46.2 Å². The van der Waals surface area contributed by atoms with Crippen LogP contribution in [-0.2, 0) is 16.6 Å². The van der Waals surface area contributed by atoms with Crippen molar-refractivity contribution in [2.45, 2.75) is 25.3 Å². The van der Waals surface area contributed by atoms with E-state index in [0.29, 0.717) is 10.6 Å². The number of aromatic amines is 1. The number of nitrogens with one attached hydrogen (secondary N) is 2. The van der Waals surface area contributed by atoms with Gasteiger partial charge in [0.25, 0.3) is 0 Å². The van der Waals surface area contributed by atoms with Crippen LogP contribution in [-0.4, -0.2) is 18.6 Å². The number of rotatable bonds is 4. The topological polar surface area (TPSA) is 74.8 Å². The Labute approximate surface area is 117 Å². The van der Waals surface area contributed by atoms with Gasteiger partial charge in [0.15, 0.2) is 0 Å². The van der Waals surface area contributed by atoms with E-state index in [1.165, 1.54) is 6.07 Å². The zero-order valence-corrected chi connectivity index (χ0v) is 12.1. The first kappa shape index (κ1) is 14.0. The van der Waals surface area contributed by atoms with Crippen LogP contribution in [0.5, 0.6) is 0 Å². The van der Waals surface area contributed by atoms with Crippen molar-refractivity contribution < 1.29 is 8.42 Å². The molecule has 0 fully saturated rings. The van der Waals surface area contributed by atoms with E-state index in [4.69, 9.17) is 11.6 Å². The summed E-state index contributed by atoms with van der Waals surface area (Å²) in [7, 11) is -3.58. The highest BCUT2D eigenvalue weighted by atomic mass is 35.5. The molecule has 0 radical (unpaired) electrons. The van der Waals surface area contributed by atoms with E-state index < -0.39 is 10.0 Å². The molecule has 0 saturated heterocycles. The van der Waals surface area contributed by atoms with Crippen LogP contribution in [0.1, 0.15) is 16.8 Å². The summed E-state index contributed by atoms with van der Waals surface area (Å²) in [4.78, 5) is 0.196. The Hall–Kier alpha value is -1.37. The zero-order valence-electron chi connectivity index (χ0n) is 10.6. The summed E-state index contributed by atoms with van der Waals surface area (Å²) in [5.74, 6) is 0. The minimum Gasteiger partial charge on any atom is -0.283 e. The van der Waals surface area contributed by atoms with Gasteiger partial charge in [-0.15, -0.1) is 0 Å². The Balaban J connectivity index is 2.23. The fourth-order valence-corrected chi connectivity index (χ4v) is 3.18. The molecule has 1 heterocycles. The maximum Gasteiger partial charge on any atom is 0.241 e. The summed E-state index contributed by atoms with van der Waals surface area (Å²) in [5, 5.41) is 7.00. The number of H-pyrrole nitrogens is 1. The highest BCUT2D eigenvalue weighted by Gasteiger charge is 2.17. The molecule has 1 aromatic heterocycles. The van der Waals surface area contributed by atoms with Gasteiger partial charge in [-0.1, -0.05) is 17.7 Å². The molecule has 7 heteroatoms. The standard InChI is InChI=1S/C12H14ClN3O2S/c1-8-3-4-11(13)5-12(8)19(17,18)15-7-10-6-14-16-9(10)2/h3-6,15H,7H2,1-2H3,(H,14,16). The molecule has 0 spiro atoms. The first-order valence-corrected chi connectivity index (χ1v) is 7.51. The second-order valence-electron chi connectivity index (χ2n) is 4.25. The third-order valence-corrected chi connectivity index (χ3v) is 4.60. The first-order chi connectivity index (χ1) is 8.90. The monoisotopic (exact) mass is 299 g/mol. The van der Waals surface area contributed by atoms with Crippen molar-refractivity contribution in [1.82, 2.24) is 14.9 Å². The molecular weight excluding hydrogens is 286 g/mol. The van der Waals surface area contributed by atoms with Crippen molar-refractivity contribution in [2.75, 3.05) is 0 Å². The summed E-state index contributed by atoms with van der Waals surface area (Å²) in [6.45, 7) is 3.76. The lowest BCUT2D eigenvalue weighted by Gasteiger charge is -2.09. The molecule has 0 atom stereocenters. The lowest BCUT2D eigenvalue weighted by Crippen LogP contribution is -2.24. The quantitative estimate of drug-likeness (QED) is 0.908. The number of benzene rings is 1. The predicted octanol–water partition coefficient (Wildman–Crippen LogP) is 2.16. The van der Waals surface area contributed by atoms with Gasteiger partial charge in [0.05, 0.1) is 11.1 Å². The first-order valence-electron chi connectivity index (χ1n) is 5.65. The summed E-state index contributed by atoms with van der Waals surface area (Å²) < 4.78 is 27.0. The second kappa shape index (κ2) is 5.32. The van der Waals surface area contributed by atoms with Gasteiger partial charge < -0.3 is 0 Å². The Morgan fingerprint density at radius 1 is 1.37 bits per heavy atom. The highest BCUT2D eigenvalue weighted by Crippen LogP contribution is 2.20. The van der Waals surface area contributed by atoms with Gasteiger partial charge in [0.2, 0.25) is 10.0 Å². The molecule has 0 bridgehead atoms. The largest absolute Gasteiger partial charge is 0.283 e. The molecule has 5 nitrogen and oxygen atoms in total. The number of halogens is 1. The van der Waals surface area contributed by atoms with Crippen molar-refractivity contribution in [1.29, 1.82) is 0 Å². The van der Waals surface area contributed by atoms with Gasteiger partial charge >= 0.3 is 0 Å². The van der Waals surface area contributed by atoms with E-state index in [9.17, 15) is 8.42 Å². The SMILES string of the molecule is Cc1ccc(Cl)cc1S(=O)(=O)NCc1cn[nH]c1C. The highest BCUT2D eigenvalue weighted by molar-refractivity contribution is 7.89. The Bertz CT molecular complexity index is 695. The van der Waals surface area contributed by atoms with Gasteiger partial charge in [-0.3, -0.25) is 5.10 Å². The van der Waals surface area contributed by atoms with Crippen molar-refractivity contribution >= 4 is 21.6 Å². The minimum absolute atomic E-state index is 0.191. The number of hydrogen-bond donors (Lipinski definition) is 2. The number of aromatic nitrogens is 2. The fourth-order valence-electron chi connectivity index (χ4n) is 1.67. The molecule has 2 N–H and O–H groups in total. The van der Waals surface area contributed by atoms with E-state index in [2.05, 4.69) is 14.9 Å². The van der Waals surface area contributed by atoms with Crippen molar-refractivity contribution in [3.8, 4) is 0 Å². The molecule has 0 amide bonds. The Kier molecular flexibility index (Phi) is 3.93. The number of hydrogen-bond acceptors (Lipinski definition) is 3. The van der Waals surface area contributed by atoms with Gasteiger partial charge in [-0.2, -0.15) is 5.10 Å². The number of sulfonamides is 1.